The van der Waals surface area contributed by atoms with E-state index in [0.29, 0.717) is 12.1 Å². The number of nitrogen functional groups attached to an aromatic ring is 1. The molecule has 1 rings (SSSR count). The lowest BCUT2D eigenvalue weighted by molar-refractivity contribution is 0.122. The quantitative estimate of drug-likeness (QED) is 0.571. The van der Waals surface area contributed by atoms with Crippen LogP contribution < -0.4 is 10.5 Å². The Balaban J connectivity index is 2.80. The molecule has 1 atom stereocenters. The van der Waals surface area contributed by atoms with Crippen LogP contribution in [0.2, 0.25) is 0 Å². The fourth-order valence-electron chi connectivity index (χ4n) is 1.27. The van der Waals surface area contributed by atoms with Gasteiger partial charge < -0.3 is 15.6 Å². The van der Waals surface area contributed by atoms with Crippen molar-refractivity contribution in [1.82, 2.24) is 0 Å². The van der Waals surface area contributed by atoms with Gasteiger partial charge in [-0.2, -0.15) is 0 Å². The molecule has 1 aromatic rings. The van der Waals surface area contributed by atoms with Gasteiger partial charge in [0.2, 0.25) is 0 Å². The van der Waals surface area contributed by atoms with Crippen molar-refractivity contribution in [3.8, 4) is 5.75 Å². The summed E-state index contributed by atoms with van der Waals surface area (Å²) >= 11 is 0. The van der Waals surface area contributed by atoms with E-state index < -0.39 is 6.10 Å². The maximum Gasteiger partial charge on any atom is 0.123 e. The second kappa shape index (κ2) is 5.41. The van der Waals surface area contributed by atoms with E-state index in [0.717, 1.165) is 11.3 Å². The van der Waals surface area contributed by atoms with Crippen molar-refractivity contribution in [2.45, 2.75) is 19.4 Å². The van der Waals surface area contributed by atoms with Gasteiger partial charge in [-0.1, -0.05) is 6.08 Å². The van der Waals surface area contributed by atoms with Crippen LogP contribution in [0.15, 0.2) is 30.9 Å². The van der Waals surface area contributed by atoms with Gasteiger partial charge in [-0.05, 0) is 37.1 Å². The topological polar surface area (TPSA) is 55.5 Å². The Bertz CT molecular complexity index is 334. The number of hydrogen-bond acceptors (Lipinski definition) is 3. The second-order valence-electron chi connectivity index (χ2n) is 3.52. The Kier molecular flexibility index (Phi) is 4.18. The number of nitrogens with two attached hydrogens (primary N) is 1. The van der Waals surface area contributed by atoms with E-state index in [1.54, 1.807) is 19.1 Å². The highest BCUT2D eigenvalue weighted by Crippen LogP contribution is 2.22. The average Bonchev–Trinajstić information content (AvgIpc) is 2.17. The zero-order valence-electron chi connectivity index (χ0n) is 8.94. The van der Waals surface area contributed by atoms with Crippen molar-refractivity contribution in [1.29, 1.82) is 0 Å². The van der Waals surface area contributed by atoms with Gasteiger partial charge in [0.1, 0.15) is 12.4 Å². The van der Waals surface area contributed by atoms with Crippen molar-refractivity contribution in [3.05, 3.63) is 36.4 Å². The molecular formula is C12H17NO2. The molecule has 82 valence electrons. The molecule has 0 saturated carbocycles. The third-order valence-electron chi connectivity index (χ3n) is 1.93. The van der Waals surface area contributed by atoms with Crippen molar-refractivity contribution < 1.29 is 9.84 Å². The Hall–Kier alpha value is -1.48. The lowest BCUT2D eigenvalue weighted by atomic mass is 10.1. The van der Waals surface area contributed by atoms with Crippen LogP contribution in [0.3, 0.4) is 0 Å². The predicted molar refractivity (Wildman–Crippen MR) is 61.9 cm³/mol. The lowest BCUT2D eigenvalue weighted by Gasteiger charge is -2.12. The molecule has 1 unspecified atom stereocenters. The summed E-state index contributed by atoms with van der Waals surface area (Å²) in [6.07, 6.45) is 2.03. The summed E-state index contributed by atoms with van der Waals surface area (Å²) in [7, 11) is 0. The molecule has 0 amide bonds. The minimum absolute atomic E-state index is 0.286. The summed E-state index contributed by atoms with van der Waals surface area (Å²) in [6.45, 7) is 5.65. The van der Waals surface area contributed by atoms with E-state index in [4.69, 9.17) is 15.6 Å². The van der Waals surface area contributed by atoms with Crippen LogP contribution in [0.25, 0.3) is 0 Å². The van der Waals surface area contributed by atoms with Gasteiger partial charge in [-0.25, -0.2) is 0 Å². The van der Waals surface area contributed by atoms with Crippen LogP contribution in [-0.4, -0.2) is 17.8 Å². The molecule has 0 aliphatic carbocycles. The average molecular weight is 207 g/mol. The van der Waals surface area contributed by atoms with Crippen molar-refractivity contribution in [2.75, 3.05) is 12.3 Å². The summed E-state index contributed by atoms with van der Waals surface area (Å²) in [5.74, 6) is 0.755. The Morgan fingerprint density at radius 1 is 1.60 bits per heavy atom. The van der Waals surface area contributed by atoms with Gasteiger partial charge in [0.05, 0.1) is 6.10 Å². The fourth-order valence-corrected chi connectivity index (χ4v) is 1.27. The Labute approximate surface area is 90.2 Å². The third-order valence-corrected chi connectivity index (χ3v) is 1.93. The Morgan fingerprint density at radius 2 is 2.33 bits per heavy atom. The molecule has 3 N–H and O–H groups in total. The molecule has 0 saturated heterocycles. The number of aliphatic hydroxyl groups excluding tert-OH is 1. The first-order chi connectivity index (χ1) is 7.13. The summed E-state index contributed by atoms with van der Waals surface area (Å²) < 4.78 is 5.45. The number of allylic oxidation sites excluding steroid dienone is 1. The standard InChI is InChI=1S/C12H17NO2/c1-3-4-10-7-11(13)5-6-12(10)15-8-9(2)14/h3,5-7,9,14H,1,4,8,13H2,2H3. The Morgan fingerprint density at radius 3 is 2.93 bits per heavy atom. The van der Waals surface area contributed by atoms with E-state index in [-0.39, 0.29) is 6.61 Å². The summed E-state index contributed by atoms with van der Waals surface area (Å²) in [5.41, 5.74) is 7.37. The van der Waals surface area contributed by atoms with E-state index >= 15 is 0 Å². The number of ether oxygens (including phenoxy) is 1. The molecule has 0 spiro atoms. The van der Waals surface area contributed by atoms with Crippen molar-refractivity contribution in [3.63, 3.8) is 0 Å². The molecule has 0 bridgehead atoms. The predicted octanol–water partition coefficient (Wildman–Crippen LogP) is 1.76. The second-order valence-corrected chi connectivity index (χ2v) is 3.52. The lowest BCUT2D eigenvalue weighted by Crippen LogP contribution is -2.13. The van der Waals surface area contributed by atoms with E-state index in [2.05, 4.69) is 6.58 Å². The third kappa shape index (κ3) is 3.64. The minimum Gasteiger partial charge on any atom is -0.491 e. The van der Waals surface area contributed by atoms with Gasteiger partial charge in [-0.3, -0.25) is 0 Å². The number of hydrogen-bond donors (Lipinski definition) is 2. The largest absolute Gasteiger partial charge is 0.491 e. The van der Waals surface area contributed by atoms with Crippen LogP contribution in [0.1, 0.15) is 12.5 Å². The molecule has 1 aromatic carbocycles. The summed E-state index contributed by atoms with van der Waals surface area (Å²) in [4.78, 5) is 0. The van der Waals surface area contributed by atoms with Crippen LogP contribution >= 0.6 is 0 Å². The summed E-state index contributed by atoms with van der Waals surface area (Å²) in [6, 6.07) is 5.46. The van der Waals surface area contributed by atoms with Crippen LogP contribution in [0.5, 0.6) is 5.75 Å². The first-order valence-corrected chi connectivity index (χ1v) is 4.93. The van der Waals surface area contributed by atoms with Crippen LogP contribution in [0, 0.1) is 0 Å². The molecule has 0 heterocycles. The van der Waals surface area contributed by atoms with E-state index in [1.807, 2.05) is 12.1 Å². The molecule has 0 radical (unpaired) electrons. The molecule has 0 aromatic heterocycles. The van der Waals surface area contributed by atoms with Crippen LogP contribution in [-0.2, 0) is 6.42 Å². The summed E-state index contributed by atoms with van der Waals surface area (Å²) in [5, 5.41) is 9.12. The zero-order chi connectivity index (χ0) is 11.3. The van der Waals surface area contributed by atoms with Gasteiger partial charge in [0, 0.05) is 5.69 Å². The number of anilines is 1. The number of benzene rings is 1. The molecule has 0 aliphatic rings. The van der Waals surface area contributed by atoms with E-state index in [9.17, 15) is 0 Å². The smallest absolute Gasteiger partial charge is 0.123 e. The highest BCUT2D eigenvalue weighted by atomic mass is 16.5. The SMILES string of the molecule is C=CCc1cc(N)ccc1OCC(C)O. The number of aliphatic hydroxyl groups is 1. The normalized spacial score (nSPS) is 12.1. The first-order valence-electron chi connectivity index (χ1n) is 4.93. The van der Waals surface area contributed by atoms with Gasteiger partial charge in [-0.15, -0.1) is 6.58 Å². The first kappa shape index (κ1) is 11.6. The molecule has 3 heteroatoms. The molecule has 3 nitrogen and oxygen atoms in total. The van der Waals surface area contributed by atoms with Gasteiger partial charge in [0.15, 0.2) is 0 Å². The zero-order valence-corrected chi connectivity index (χ0v) is 8.94. The molecular weight excluding hydrogens is 190 g/mol. The highest BCUT2D eigenvalue weighted by Gasteiger charge is 2.04. The molecule has 0 aliphatic heterocycles. The monoisotopic (exact) mass is 207 g/mol. The van der Waals surface area contributed by atoms with Crippen molar-refractivity contribution in [2.24, 2.45) is 0 Å². The van der Waals surface area contributed by atoms with Crippen molar-refractivity contribution >= 4 is 5.69 Å². The van der Waals surface area contributed by atoms with Gasteiger partial charge in [0.25, 0.3) is 0 Å². The maximum absolute atomic E-state index is 9.12. The van der Waals surface area contributed by atoms with Gasteiger partial charge >= 0.3 is 0 Å². The minimum atomic E-state index is -0.473. The van der Waals surface area contributed by atoms with E-state index in [1.165, 1.54) is 0 Å². The molecule has 15 heavy (non-hydrogen) atoms. The highest BCUT2D eigenvalue weighted by molar-refractivity contribution is 5.48. The number of rotatable bonds is 5. The maximum atomic E-state index is 9.12. The van der Waals surface area contributed by atoms with Crippen LogP contribution in [0.4, 0.5) is 5.69 Å². The molecule has 0 fully saturated rings. The fraction of sp³-hybridized carbons (Fsp3) is 0.333.